The van der Waals surface area contributed by atoms with Gasteiger partial charge < -0.3 is 0 Å². The van der Waals surface area contributed by atoms with Gasteiger partial charge in [-0.2, -0.15) is 0 Å². The lowest BCUT2D eigenvalue weighted by atomic mass is 9.75. The molecule has 1 heteroatoms. The monoisotopic (exact) mass is 232 g/mol. The van der Waals surface area contributed by atoms with Gasteiger partial charge >= 0.3 is 0 Å². The van der Waals surface area contributed by atoms with E-state index in [0.29, 0.717) is 11.7 Å². The zero-order valence-corrected chi connectivity index (χ0v) is 11.7. The third-order valence-electron chi connectivity index (χ3n) is 3.18. The number of benzene rings is 1. The Morgan fingerprint density at radius 3 is 2.06 bits per heavy atom. The van der Waals surface area contributed by atoms with E-state index < -0.39 is 0 Å². The van der Waals surface area contributed by atoms with Gasteiger partial charge in [0, 0.05) is 11.3 Å². The molecule has 0 amide bonds. The number of hydrogen-bond donors (Lipinski definition) is 0. The molecule has 0 aliphatic heterocycles. The summed E-state index contributed by atoms with van der Waals surface area (Å²) in [5, 5.41) is 0. The largest absolute Gasteiger partial charge is 0.299 e. The normalized spacial score (nSPS) is 13.8. The molecule has 0 spiro atoms. The molecule has 17 heavy (non-hydrogen) atoms. The fourth-order valence-electron chi connectivity index (χ4n) is 2.06. The van der Waals surface area contributed by atoms with Gasteiger partial charge in [-0.1, -0.05) is 65.0 Å². The van der Waals surface area contributed by atoms with Gasteiger partial charge in [-0.05, 0) is 17.9 Å². The maximum Gasteiger partial charge on any atom is 0.141 e. The summed E-state index contributed by atoms with van der Waals surface area (Å²) in [6.07, 6.45) is 0.856. The summed E-state index contributed by atoms with van der Waals surface area (Å²) in [4.78, 5) is 12.4. The summed E-state index contributed by atoms with van der Waals surface area (Å²) in [6.45, 7) is 10.3. The van der Waals surface area contributed by atoms with Gasteiger partial charge in [-0.25, -0.2) is 0 Å². The maximum absolute atomic E-state index is 12.4. The van der Waals surface area contributed by atoms with Gasteiger partial charge in [0.1, 0.15) is 5.78 Å². The molecular formula is C16H24O. The Kier molecular flexibility index (Phi) is 4.50. The lowest BCUT2D eigenvalue weighted by Gasteiger charge is -2.27. The average Bonchev–Trinajstić information content (AvgIpc) is 2.24. The number of carbonyl (C=O) groups excluding carboxylic acids is 1. The molecule has 0 aromatic heterocycles. The molecule has 0 saturated carbocycles. The molecule has 94 valence electrons. The molecule has 1 rings (SSSR count). The topological polar surface area (TPSA) is 17.1 Å². The maximum atomic E-state index is 12.4. The highest BCUT2D eigenvalue weighted by Gasteiger charge is 2.31. The molecule has 1 unspecified atom stereocenters. The summed E-state index contributed by atoms with van der Waals surface area (Å²) >= 11 is 0. The van der Waals surface area contributed by atoms with Crippen molar-refractivity contribution in [2.24, 2.45) is 17.3 Å². The SMILES string of the molecule is CC(C)C(Cc1ccccc1)C(=O)C(C)(C)C. The quantitative estimate of drug-likeness (QED) is 0.763. The van der Waals surface area contributed by atoms with Crippen molar-refractivity contribution in [3.05, 3.63) is 35.9 Å². The minimum absolute atomic E-state index is 0.123. The molecule has 0 aliphatic carbocycles. The van der Waals surface area contributed by atoms with Gasteiger partial charge in [0.2, 0.25) is 0 Å². The van der Waals surface area contributed by atoms with E-state index in [1.54, 1.807) is 0 Å². The Morgan fingerprint density at radius 1 is 1.12 bits per heavy atom. The van der Waals surface area contributed by atoms with E-state index in [9.17, 15) is 4.79 Å². The lowest BCUT2D eigenvalue weighted by Crippen LogP contribution is -2.32. The Bertz CT molecular complexity index is 357. The van der Waals surface area contributed by atoms with E-state index in [2.05, 4.69) is 26.0 Å². The first-order valence-electron chi connectivity index (χ1n) is 6.40. The standard InChI is InChI=1S/C16H24O/c1-12(2)14(15(17)16(3,4)5)11-13-9-7-6-8-10-13/h6-10,12,14H,11H2,1-5H3. The molecule has 0 radical (unpaired) electrons. The molecule has 1 atom stereocenters. The van der Waals surface area contributed by atoms with E-state index in [0.717, 1.165) is 6.42 Å². The third-order valence-corrected chi connectivity index (χ3v) is 3.18. The molecular weight excluding hydrogens is 208 g/mol. The van der Waals surface area contributed by atoms with Crippen LogP contribution < -0.4 is 0 Å². The number of ketones is 1. The van der Waals surface area contributed by atoms with Gasteiger partial charge in [-0.15, -0.1) is 0 Å². The van der Waals surface area contributed by atoms with Crippen molar-refractivity contribution in [3.63, 3.8) is 0 Å². The minimum atomic E-state index is -0.246. The zero-order chi connectivity index (χ0) is 13.1. The number of rotatable bonds is 4. The summed E-state index contributed by atoms with van der Waals surface area (Å²) in [7, 11) is 0. The summed E-state index contributed by atoms with van der Waals surface area (Å²) in [5.41, 5.74) is 1.01. The number of carbonyl (C=O) groups is 1. The third kappa shape index (κ3) is 3.99. The molecule has 1 aromatic carbocycles. The smallest absolute Gasteiger partial charge is 0.141 e. The molecule has 0 N–H and O–H groups in total. The molecule has 1 nitrogen and oxygen atoms in total. The fraction of sp³-hybridized carbons (Fsp3) is 0.562. The van der Waals surface area contributed by atoms with Gasteiger partial charge in [0.25, 0.3) is 0 Å². The Labute approximate surface area is 105 Å². The van der Waals surface area contributed by atoms with E-state index >= 15 is 0 Å². The van der Waals surface area contributed by atoms with E-state index in [4.69, 9.17) is 0 Å². The summed E-state index contributed by atoms with van der Waals surface area (Å²) < 4.78 is 0. The highest BCUT2D eigenvalue weighted by Crippen LogP contribution is 2.27. The van der Waals surface area contributed by atoms with E-state index in [-0.39, 0.29) is 11.3 Å². The van der Waals surface area contributed by atoms with Crippen molar-refractivity contribution in [2.75, 3.05) is 0 Å². The van der Waals surface area contributed by atoms with Crippen LogP contribution in [-0.2, 0) is 11.2 Å². The van der Waals surface area contributed by atoms with Gasteiger partial charge in [0.05, 0.1) is 0 Å². The first kappa shape index (κ1) is 14.0. The van der Waals surface area contributed by atoms with Crippen LogP contribution in [-0.4, -0.2) is 5.78 Å². The van der Waals surface area contributed by atoms with Crippen LogP contribution in [0.1, 0.15) is 40.2 Å². The van der Waals surface area contributed by atoms with Gasteiger partial charge in [-0.3, -0.25) is 4.79 Å². The molecule has 0 bridgehead atoms. The van der Waals surface area contributed by atoms with Crippen LogP contribution in [0.2, 0.25) is 0 Å². The molecule has 1 aromatic rings. The highest BCUT2D eigenvalue weighted by molar-refractivity contribution is 5.86. The van der Waals surface area contributed by atoms with Crippen LogP contribution in [0.5, 0.6) is 0 Å². The summed E-state index contributed by atoms with van der Waals surface area (Å²) in [6, 6.07) is 10.3. The fourth-order valence-corrected chi connectivity index (χ4v) is 2.06. The van der Waals surface area contributed by atoms with Crippen LogP contribution in [0, 0.1) is 17.3 Å². The second kappa shape index (κ2) is 5.48. The molecule has 0 fully saturated rings. The first-order chi connectivity index (χ1) is 7.82. The Balaban J connectivity index is 2.85. The molecule has 0 aliphatic rings. The lowest BCUT2D eigenvalue weighted by molar-refractivity contribution is -0.131. The van der Waals surface area contributed by atoms with Crippen LogP contribution in [0.4, 0.5) is 0 Å². The minimum Gasteiger partial charge on any atom is -0.299 e. The van der Waals surface area contributed by atoms with Crippen molar-refractivity contribution in [3.8, 4) is 0 Å². The second-order valence-electron chi connectivity index (χ2n) is 6.15. The van der Waals surface area contributed by atoms with Crippen molar-refractivity contribution >= 4 is 5.78 Å². The van der Waals surface area contributed by atoms with Crippen LogP contribution in [0.3, 0.4) is 0 Å². The Morgan fingerprint density at radius 2 is 1.65 bits per heavy atom. The van der Waals surface area contributed by atoms with Crippen LogP contribution in [0.25, 0.3) is 0 Å². The Hall–Kier alpha value is -1.11. The van der Waals surface area contributed by atoms with E-state index in [1.807, 2.05) is 39.0 Å². The highest BCUT2D eigenvalue weighted by atomic mass is 16.1. The zero-order valence-electron chi connectivity index (χ0n) is 11.7. The van der Waals surface area contributed by atoms with Crippen molar-refractivity contribution in [1.29, 1.82) is 0 Å². The second-order valence-corrected chi connectivity index (χ2v) is 6.15. The molecule has 0 saturated heterocycles. The van der Waals surface area contributed by atoms with E-state index in [1.165, 1.54) is 5.56 Å². The number of Topliss-reactive ketones (excluding diaryl/α,β-unsaturated/α-hetero) is 1. The van der Waals surface area contributed by atoms with Crippen molar-refractivity contribution < 1.29 is 4.79 Å². The predicted molar refractivity (Wildman–Crippen MR) is 72.9 cm³/mol. The summed E-state index contributed by atoms with van der Waals surface area (Å²) in [5.74, 6) is 0.885. The average molecular weight is 232 g/mol. The van der Waals surface area contributed by atoms with Crippen LogP contribution >= 0.6 is 0 Å². The van der Waals surface area contributed by atoms with Gasteiger partial charge in [0.15, 0.2) is 0 Å². The van der Waals surface area contributed by atoms with Crippen molar-refractivity contribution in [2.45, 2.75) is 41.0 Å². The van der Waals surface area contributed by atoms with Crippen LogP contribution in [0.15, 0.2) is 30.3 Å². The molecule has 0 heterocycles. The predicted octanol–water partition coefficient (Wildman–Crippen LogP) is 4.12. The first-order valence-corrected chi connectivity index (χ1v) is 6.40. The number of hydrogen-bond acceptors (Lipinski definition) is 1. The van der Waals surface area contributed by atoms with Crippen molar-refractivity contribution in [1.82, 2.24) is 0 Å².